The van der Waals surface area contributed by atoms with Crippen LogP contribution in [0.25, 0.3) is 0 Å². The van der Waals surface area contributed by atoms with Crippen LogP contribution in [0, 0.1) is 5.82 Å². The standard InChI is InChI=1S/C9H13FN4/c1-14(6-3-2-4-6)8-7(10)5-12-9(11)13-8/h5-6H,2-4H2,1H3,(H2,11,12,13). The Morgan fingerprint density at radius 2 is 2.29 bits per heavy atom. The molecule has 4 nitrogen and oxygen atoms in total. The predicted octanol–water partition coefficient (Wildman–Crippen LogP) is 1.19. The van der Waals surface area contributed by atoms with E-state index in [1.165, 1.54) is 6.42 Å². The molecule has 2 N–H and O–H groups in total. The smallest absolute Gasteiger partial charge is 0.222 e. The van der Waals surface area contributed by atoms with Crippen molar-refractivity contribution in [1.82, 2.24) is 9.97 Å². The highest BCUT2D eigenvalue weighted by molar-refractivity contribution is 5.43. The Hall–Kier alpha value is -1.39. The molecule has 1 aromatic rings. The molecule has 5 heteroatoms. The van der Waals surface area contributed by atoms with Crippen LogP contribution in [-0.4, -0.2) is 23.1 Å². The van der Waals surface area contributed by atoms with Crippen molar-refractivity contribution in [3.8, 4) is 0 Å². The van der Waals surface area contributed by atoms with Crippen LogP contribution in [0.4, 0.5) is 16.2 Å². The summed E-state index contributed by atoms with van der Waals surface area (Å²) in [5.41, 5.74) is 5.41. The summed E-state index contributed by atoms with van der Waals surface area (Å²) in [5, 5.41) is 0. The molecule has 0 atom stereocenters. The van der Waals surface area contributed by atoms with Crippen molar-refractivity contribution >= 4 is 11.8 Å². The topological polar surface area (TPSA) is 55.0 Å². The van der Waals surface area contributed by atoms with Gasteiger partial charge in [0, 0.05) is 13.1 Å². The third kappa shape index (κ3) is 1.49. The van der Waals surface area contributed by atoms with Crippen LogP contribution in [0.3, 0.4) is 0 Å². The number of hydrogen-bond donors (Lipinski definition) is 1. The Labute approximate surface area is 82.0 Å². The quantitative estimate of drug-likeness (QED) is 0.771. The summed E-state index contributed by atoms with van der Waals surface area (Å²) in [5.74, 6) is 0.0170. The van der Waals surface area contributed by atoms with Gasteiger partial charge in [0.05, 0.1) is 6.20 Å². The molecule has 0 radical (unpaired) electrons. The summed E-state index contributed by atoms with van der Waals surface area (Å²) < 4.78 is 13.3. The summed E-state index contributed by atoms with van der Waals surface area (Å²) in [6.07, 6.45) is 4.52. The van der Waals surface area contributed by atoms with Gasteiger partial charge in [-0.25, -0.2) is 9.37 Å². The number of nitrogen functional groups attached to an aromatic ring is 1. The molecule has 1 aliphatic carbocycles. The van der Waals surface area contributed by atoms with Crippen LogP contribution in [0.15, 0.2) is 6.20 Å². The first-order chi connectivity index (χ1) is 6.68. The molecule has 1 aromatic heterocycles. The van der Waals surface area contributed by atoms with Gasteiger partial charge in [-0.15, -0.1) is 0 Å². The summed E-state index contributed by atoms with van der Waals surface area (Å²) in [4.78, 5) is 9.33. The first kappa shape index (κ1) is 9.18. The van der Waals surface area contributed by atoms with Gasteiger partial charge in [0.15, 0.2) is 11.6 Å². The molecule has 0 saturated heterocycles. The van der Waals surface area contributed by atoms with Gasteiger partial charge in [0.2, 0.25) is 5.95 Å². The SMILES string of the molecule is CN(c1nc(N)ncc1F)C1CCC1. The van der Waals surface area contributed by atoms with E-state index in [9.17, 15) is 4.39 Å². The van der Waals surface area contributed by atoms with Crippen molar-refractivity contribution in [2.45, 2.75) is 25.3 Å². The maximum absolute atomic E-state index is 13.3. The molecule has 0 bridgehead atoms. The highest BCUT2D eigenvalue weighted by Gasteiger charge is 2.25. The van der Waals surface area contributed by atoms with E-state index in [2.05, 4.69) is 9.97 Å². The number of nitrogens with two attached hydrogens (primary N) is 1. The van der Waals surface area contributed by atoms with Crippen molar-refractivity contribution in [2.24, 2.45) is 0 Å². The molecular weight excluding hydrogens is 183 g/mol. The van der Waals surface area contributed by atoms with Gasteiger partial charge in [-0.3, -0.25) is 0 Å². The van der Waals surface area contributed by atoms with E-state index in [0.29, 0.717) is 11.9 Å². The van der Waals surface area contributed by atoms with Crippen LogP contribution in [0.1, 0.15) is 19.3 Å². The monoisotopic (exact) mass is 196 g/mol. The number of hydrogen-bond acceptors (Lipinski definition) is 4. The lowest BCUT2D eigenvalue weighted by atomic mass is 9.92. The number of anilines is 2. The second kappa shape index (κ2) is 3.40. The molecule has 0 aromatic carbocycles. The van der Waals surface area contributed by atoms with Gasteiger partial charge >= 0.3 is 0 Å². The van der Waals surface area contributed by atoms with Crippen molar-refractivity contribution in [3.05, 3.63) is 12.0 Å². The molecule has 1 aliphatic rings. The number of nitrogens with zero attached hydrogens (tertiary/aromatic N) is 3. The Kier molecular flexibility index (Phi) is 2.23. The molecule has 14 heavy (non-hydrogen) atoms. The van der Waals surface area contributed by atoms with Crippen molar-refractivity contribution in [2.75, 3.05) is 17.7 Å². The minimum Gasteiger partial charge on any atom is -0.368 e. The number of halogens is 1. The second-order valence-electron chi connectivity index (χ2n) is 3.60. The molecule has 0 unspecified atom stereocenters. The van der Waals surface area contributed by atoms with Crippen molar-refractivity contribution < 1.29 is 4.39 Å². The minimum absolute atomic E-state index is 0.118. The van der Waals surface area contributed by atoms with Gasteiger partial charge in [-0.1, -0.05) is 0 Å². The van der Waals surface area contributed by atoms with Gasteiger partial charge in [-0.2, -0.15) is 4.98 Å². The summed E-state index contributed by atoms with van der Waals surface area (Å²) in [6.45, 7) is 0. The molecule has 0 spiro atoms. The van der Waals surface area contributed by atoms with Crippen LogP contribution in [0.2, 0.25) is 0 Å². The Bertz CT molecular complexity index is 338. The molecule has 1 fully saturated rings. The summed E-state index contributed by atoms with van der Waals surface area (Å²) in [6, 6.07) is 0.402. The van der Waals surface area contributed by atoms with Crippen LogP contribution in [0.5, 0.6) is 0 Å². The van der Waals surface area contributed by atoms with Gasteiger partial charge in [0.25, 0.3) is 0 Å². The molecule has 1 saturated carbocycles. The number of aromatic nitrogens is 2. The average Bonchev–Trinajstić information content (AvgIpc) is 2.06. The van der Waals surface area contributed by atoms with Gasteiger partial charge < -0.3 is 10.6 Å². The third-order valence-electron chi connectivity index (χ3n) is 2.70. The van der Waals surface area contributed by atoms with E-state index in [1.54, 1.807) is 0 Å². The average molecular weight is 196 g/mol. The van der Waals surface area contributed by atoms with Crippen LogP contribution < -0.4 is 10.6 Å². The molecule has 0 aliphatic heterocycles. The zero-order valence-electron chi connectivity index (χ0n) is 8.07. The van der Waals surface area contributed by atoms with Crippen LogP contribution >= 0.6 is 0 Å². The highest BCUT2D eigenvalue weighted by Crippen LogP contribution is 2.28. The molecule has 1 heterocycles. The molecular formula is C9H13FN4. The first-order valence-electron chi connectivity index (χ1n) is 4.69. The first-order valence-corrected chi connectivity index (χ1v) is 4.69. The summed E-state index contributed by atoms with van der Waals surface area (Å²) >= 11 is 0. The highest BCUT2D eigenvalue weighted by atomic mass is 19.1. The lowest BCUT2D eigenvalue weighted by molar-refractivity contribution is 0.395. The van der Waals surface area contributed by atoms with Crippen molar-refractivity contribution in [3.63, 3.8) is 0 Å². The lowest BCUT2D eigenvalue weighted by Gasteiger charge is -2.35. The van der Waals surface area contributed by atoms with E-state index in [-0.39, 0.29) is 5.95 Å². The molecule has 76 valence electrons. The van der Waals surface area contributed by atoms with Crippen LogP contribution in [-0.2, 0) is 0 Å². The zero-order valence-corrected chi connectivity index (χ0v) is 8.07. The molecule has 0 amide bonds. The predicted molar refractivity (Wildman–Crippen MR) is 52.4 cm³/mol. The van der Waals surface area contributed by atoms with E-state index in [0.717, 1.165) is 19.0 Å². The molecule has 2 rings (SSSR count). The largest absolute Gasteiger partial charge is 0.368 e. The maximum Gasteiger partial charge on any atom is 0.222 e. The van der Waals surface area contributed by atoms with E-state index >= 15 is 0 Å². The fraction of sp³-hybridized carbons (Fsp3) is 0.556. The van der Waals surface area contributed by atoms with E-state index in [4.69, 9.17) is 5.73 Å². The summed E-state index contributed by atoms with van der Waals surface area (Å²) in [7, 11) is 1.84. The third-order valence-corrected chi connectivity index (χ3v) is 2.70. The van der Waals surface area contributed by atoms with E-state index in [1.807, 2.05) is 11.9 Å². The Morgan fingerprint density at radius 1 is 1.57 bits per heavy atom. The Balaban J connectivity index is 2.24. The van der Waals surface area contributed by atoms with Crippen molar-refractivity contribution in [1.29, 1.82) is 0 Å². The zero-order chi connectivity index (χ0) is 10.1. The fourth-order valence-electron chi connectivity index (χ4n) is 1.57. The van der Waals surface area contributed by atoms with Gasteiger partial charge in [0.1, 0.15) is 0 Å². The maximum atomic E-state index is 13.3. The van der Waals surface area contributed by atoms with Gasteiger partial charge in [-0.05, 0) is 19.3 Å². The minimum atomic E-state index is -0.409. The fourth-order valence-corrected chi connectivity index (χ4v) is 1.57. The van der Waals surface area contributed by atoms with E-state index < -0.39 is 5.82 Å². The Morgan fingerprint density at radius 3 is 2.86 bits per heavy atom. The lowest BCUT2D eigenvalue weighted by Crippen LogP contribution is -2.38. The normalized spacial score (nSPS) is 16.4. The number of rotatable bonds is 2. The second-order valence-corrected chi connectivity index (χ2v) is 3.60.